The fourth-order valence-electron chi connectivity index (χ4n) is 2.31. The summed E-state index contributed by atoms with van der Waals surface area (Å²) in [6, 6.07) is 6.02. The second-order valence-corrected chi connectivity index (χ2v) is 6.25. The Morgan fingerprint density at radius 3 is 2.47 bits per heavy atom. The summed E-state index contributed by atoms with van der Waals surface area (Å²) in [5, 5.41) is 4.32. The highest BCUT2D eigenvalue weighted by Crippen LogP contribution is 2.25. The van der Waals surface area contributed by atoms with Crippen LogP contribution in [-0.4, -0.2) is 31.8 Å². The van der Waals surface area contributed by atoms with E-state index in [4.69, 9.17) is 9.47 Å². The van der Waals surface area contributed by atoms with E-state index in [0.29, 0.717) is 0 Å². The van der Waals surface area contributed by atoms with Gasteiger partial charge in [-0.3, -0.25) is 0 Å². The molecule has 0 amide bonds. The van der Waals surface area contributed by atoms with Crippen molar-refractivity contribution in [1.82, 2.24) is 5.32 Å². The quantitative estimate of drug-likeness (QED) is 0.868. The van der Waals surface area contributed by atoms with Crippen LogP contribution >= 0.6 is 11.8 Å². The molecule has 1 unspecified atom stereocenters. The molecule has 1 fully saturated rings. The van der Waals surface area contributed by atoms with E-state index in [9.17, 15) is 0 Å². The van der Waals surface area contributed by atoms with E-state index in [-0.39, 0.29) is 0 Å². The first-order valence-electron chi connectivity index (χ1n) is 6.86. The van der Waals surface area contributed by atoms with Crippen molar-refractivity contribution in [3.63, 3.8) is 0 Å². The zero-order valence-corrected chi connectivity index (χ0v) is 12.6. The van der Waals surface area contributed by atoms with E-state index >= 15 is 0 Å². The normalized spacial score (nSPS) is 19.2. The number of benzene rings is 1. The van der Waals surface area contributed by atoms with Crippen molar-refractivity contribution in [2.24, 2.45) is 0 Å². The Bertz CT molecular complexity index is 369. The smallest absolute Gasteiger partial charge is 0.122 e. The molecule has 1 N–H and O–H groups in total. The summed E-state index contributed by atoms with van der Waals surface area (Å²) in [5.74, 6) is 3.02. The number of methoxy groups -OCH3 is 2. The zero-order chi connectivity index (χ0) is 13.5. The third-order valence-electron chi connectivity index (χ3n) is 3.39. The van der Waals surface area contributed by atoms with Gasteiger partial charge in [0.1, 0.15) is 11.5 Å². The molecule has 1 aromatic carbocycles. The SMILES string of the molecule is COc1cc(CNCC2CCCCS2)cc(OC)c1. The molecular formula is C15H23NO2S. The topological polar surface area (TPSA) is 30.5 Å². The fraction of sp³-hybridized carbons (Fsp3) is 0.600. The predicted molar refractivity (Wildman–Crippen MR) is 81.3 cm³/mol. The maximum Gasteiger partial charge on any atom is 0.122 e. The standard InChI is InChI=1S/C15H23NO2S/c1-17-13-7-12(8-14(9-13)18-2)10-16-11-15-5-3-4-6-19-15/h7-9,15-16H,3-6,10-11H2,1-2H3. The van der Waals surface area contributed by atoms with Crippen LogP contribution in [0, 0.1) is 0 Å². The minimum Gasteiger partial charge on any atom is -0.497 e. The highest BCUT2D eigenvalue weighted by molar-refractivity contribution is 7.99. The van der Waals surface area contributed by atoms with Crippen molar-refractivity contribution < 1.29 is 9.47 Å². The number of rotatable bonds is 6. The highest BCUT2D eigenvalue weighted by Gasteiger charge is 2.13. The molecule has 106 valence electrons. The average molecular weight is 281 g/mol. The van der Waals surface area contributed by atoms with Gasteiger partial charge in [0, 0.05) is 24.4 Å². The third-order valence-corrected chi connectivity index (χ3v) is 4.78. The van der Waals surface area contributed by atoms with Crippen molar-refractivity contribution in [2.45, 2.75) is 31.1 Å². The predicted octanol–water partition coefficient (Wildman–Crippen LogP) is 3.08. The molecule has 0 bridgehead atoms. The molecule has 0 saturated carbocycles. The summed E-state index contributed by atoms with van der Waals surface area (Å²) in [6.07, 6.45) is 4.11. The van der Waals surface area contributed by atoms with Gasteiger partial charge < -0.3 is 14.8 Å². The maximum absolute atomic E-state index is 5.28. The third kappa shape index (κ3) is 4.62. The molecule has 19 heavy (non-hydrogen) atoms. The summed E-state index contributed by atoms with van der Waals surface area (Å²) in [7, 11) is 3.37. The number of nitrogens with one attached hydrogen (secondary N) is 1. The first-order valence-corrected chi connectivity index (χ1v) is 7.91. The second-order valence-electron chi connectivity index (χ2n) is 4.84. The van der Waals surface area contributed by atoms with Gasteiger partial charge in [0.15, 0.2) is 0 Å². The van der Waals surface area contributed by atoms with Crippen molar-refractivity contribution in [3.05, 3.63) is 23.8 Å². The summed E-state index contributed by atoms with van der Waals surface area (Å²) in [6.45, 7) is 1.95. The van der Waals surface area contributed by atoms with Crippen LogP contribution in [0.2, 0.25) is 0 Å². The summed E-state index contributed by atoms with van der Waals surface area (Å²) >= 11 is 2.10. The van der Waals surface area contributed by atoms with Crippen LogP contribution in [0.4, 0.5) is 0 Å². The Labute approximate surface area is 120 Å². The molecule has 1 aromatic rings. The monoisotopic (exact) mass is 281 g/mol. The van der Waals surface area contributed by atoms with Crippen LogP contribution < -0.4 is 14.8 Å². The number of ether oxygens (including phenoxy) is 2. The molecule has 4 heteroatoms. The van der Waals surface area contributed by atoms with Crippen molar-refractivity contribution in [3.8, 4) is 11.5 Å². The molecule has 1 aliphatic rings. The maximum atomic E-state index is 5.28. The minimum atomic E-state index is 0.779. The van der Waals surface area contributed by atoms with E-state index in [1.165, 1.54) is 30.6 Å². The lowest BCUT2D eigenvalue weighted by molar-refractivity contribution is 0.393. The molecule has 0 radical (unpaired) electrons. The molecule has 3 nitrogen and oxygen atoms in total. The first kappa shape index (κ1) is 14.5. The summed E-state index contributed by atoms with van der Waals surface area (Å²) in [5.41, 5.74) is 1.21. The van der Waals surface area contributed by atoms with E-state index in [2.05, 4.69) is 29.2 Å². The zero-order valence-electron chi connectivity index (χ0n) is 11.8. The van der Waals surface area contributed by atoms with Crippen LogP contribution in [0.5, 0.6) is 11.5 Å². The van der Waals surface area contributed by atoms with Crippen LogP contribution in [0.3, 0.4) is 0 Å². The van der Waals surface area contributed by atoms with E-state index in [0.717, 1.165) is 29.8 Å². The van der Waals surface area contributed by atoms with Crippen molar-refractivity contribution in [1.29, 1.82) is 0 Å². The summed E-state index contributed by atoms with van der Waals surface area (Å²) < 4.78 is 10.6. The molecule has 0 spiro atoms. The summed E-state index contributed by atoms with van der Waals surface area (Å²) in [4.78, 5) is 0. The number of hydrogen-bond acceptors (Lipinski definition) is 4. The Hall–Kier alpha value is -0.870. The van der Waals surface area contributed by atoms with Gasteiger partial charge in [-0.15, -0.1) is 0 Å². The van der Waals surface area contributed by atoms with E-state index < -0.39 is 0 Å². The Balaban J connectivity index is 1.84. The lowest BCUT2D eigenvalue weighted by Gasteiger charge is -2.21. The average Bonchev–Trinajstić information content (AvgIpc) is 2.48. The minimum absolute atomic E-state index is 0.779. The number of hydrogen-bond donors (Lipinski definition) is 1. The Morgan fingerprint density at radius 1 is 1.16 bits per heavy atom. The van der Waals surface area contributed by atoms with Gasteiger partial charge in [-0.2, -0.15) is 11.8 Å². The second kappa shape index (κ2) is 7.65. The van der Waals surface area contributed by atoms with Crippen molar-refractivity contribution >= 4 is 11.8 Å². The lowest BCUT2D eigenvalue weighted by atomic mass is 10.1. The Kier molecular flexibility index (Phi) is 5.86. The largest absolute Gasteiger partial charge is 0.497 e. The van der Waals surface area contributed by atoms with Crippen LogP contribution in [0.1, 0.15) is 24.8 Å². The van der Waals surface area contributed by atoms with E-state index in [1.54, 1.807) is 14.2 Å². The molecule has 1 saturated heterocycles. The van der Waals surface area contributed by atoms with Gasteiger partial charge in [0.2, 0.25) is 0 Å². The van der Waals surface area contributed by atoms with Gasteiger partial charge in [0.05, 0.1) is 14.2 Å². The first-order chi connectivity index (χ1) is 9.31. The lowest BCUT2D eigenvalue weighted by Crippen LogP contribution is -2.26. The molecule has 1 atom stereocenters. The molecule has 1 aliphatic heterocycles. The molecule has 0 aliphatic carbocycles. The van der Waals surface area contributed by atoms with Gasteiger partial charge in [-0.25, -0.2) is 0 Å². The molecule has 1 heterocycles. The fourth-order valence-corrected chi connectivity index (χ4v) is 3.59. The van der Waals surface area contributed by atoms with Gasteiger partial charge in [0.25, 0.3) is 0 Å². The molecular weight excluding hydrogens is 258 g/mol. The van der Waals surface area contributed by atoms with Gasteiger partial charge in [-0.1, -0.05) is 6.42 Å². The van der Waals surface area contributed by atoms with Crippen molar-refractivity contribution in [2.75, 3.05) is 26.5 Å². The number of thioether (sulfide) groups is 1. The highest BCUT2D eigenvalue weighted by atomic mass is 32.2. The van der Waals surface area contributed by atoms with Gasteiger partial charge >= 0.3 is 0 Å². The molecule has 0 aromatic heterocycles. The van der Waals surface area contributed by atoms with Crippen LogP contribution in [0.25, 0.3) is 0 Å². The van der Waals surface area contributed by atoms with Crippen LogP contribution in [-0.2, 0) is 6.54 Å². The van der Waals surface area contributed by atoms with E-state index in [1.807, 2.05) is 6.07 Å². The molecule has 2 rings (SSSR count). The van der Waals surface area contributed by atoms with Gasteiger partial charge in [-0.05, 0) is 36.3 Å². The Morgan fingerprint density at radius 2 is 1.89 bits per heavy atom. The van der Waals surface area contributed by atoms with Crippen LogP contribution in [0.15, 0.2) is 18.2 Å².